The van der Waals surface area contributed by atoms with E-state index in [1.165, 1.54) is 4.90 Å². The number of likely N-dealkylation sites (tertiary alicyclic amines) is 1. The number of ether oxygens (including phenoxy) is 1. The molecule has 0 saturated carbocycles. The number of anilines is 1. The van der Waals surface area contributed by atoms with Crippen LogP contribution in [-0.2, 0) is 14.4 Å². The van der Waals surface area contributed by atoms with Crippen LogP contribution in [0.2, 0.25) is 0 Å². The molecule has 0 unspecified atom stereocenters. The summed E-state index contributed by atoms with van der Waals surface area (Å²) in [7, 11) is 1.57. The van der Waals surface area contributed by atoms with Crippen LogP contribution in [-0.4, -0.2) is 48.4 Å². The molecule has 1 fully saturated rings. The third-order valence-electron chi connectivity index (χ3n) is 5.94. The molecule has 2 heterocycles. The molecule has 0 aliphatic carbocycles. The number of para-hydroxylation sites is 2. The zero-order chi connectivity index (χ0) is 20.6. The van der Waals surface area contributed by atoms with Crippen LogP contribution in [0.4, 0.5) is 5.69 Å². The van der Waals surface area contributed by atoms with E-state index in [0.29, 0.717) is 11.4 Å². The highest BCUT2D eigenvalue weighted by Crippen LogP contribution is 2.51. The van der Waals surface area contributed by atoms with Crippen LogP contribution in [0.15, 0.2) is 54.6 Å². The smallest absolute Gasteiger partial charge is 0.261 e. The average molecular weight is 393 g/mol. The number of rotatable bonds is 4. The maximum Gasteiger partial charge on any atom is 0.261 e. The molecule has 3 atom stereocenters. The molecule has 0 spiro atoms. The Morgan fingerprint density at radius 2 is 1.86 bits per heavy atom. The highest BCUT2D eigenvalue weighted by Gasteiger charge is 2.61. The number of nitrogens with zero attached hydrogens (tertiary/aromatic N) is 1. The monoisotopic (exact) mass is 393 g/mol. The normalized spacial score (nSPS) is 24.9. The van der Waals surface area contributed by atoms with Crippen LogP contribution in [0.1, 0.15) is 18.4 Å². The Labute approximate surface area is 169 Å². The number of amides is 3. The Morgan fingerprint density at radius 3 is 2.59 bits per heavy atom. The van der Waals surface area contributed by atoms with Crippen LogP contribution in [0.3, 0.4) is 0 Å². The van der Waals surface area contributed by atoms with Crippen LogP contribution in [0.25, 0.3) is 0 Å². The molecule has 29 heavy (non-hydrogen) atoms. The Bertz CT molecular complexity index is 962. The fourth-order valence-electron chi connectivity index (χ4n) is 4.49. The Kier molecular flexibility index (Phi) is 4.74. The van der Waals surface area contributed by atoms with Crippen molar-refractivity contribution in [3.05, 3.63) is 60.2 Å². The average Bonchev–Trinajstić information content (AvgIpc) is 3.07. The van der Waals surface area contributed by atoms with Gasteiger partial charge in [0.1, 0.15) is 11.3 Å². The van der Waals surface area contributed by atoms with E-state index in [4.69, 9.17) is 4.74 Å². The Morgan fingerprint density at radius 1 is 1.17 bits per heavy atom. The molecule has 7 nitrogen and oxygen atoms in total. The third-order valence-corrected chi connectivity index (χ3v) is 5.94. The number of hydrogen-bond donors (Lipinski definition) is 2. The van der Waals surface area contributed by atoms with Gasteiger partial charge >= 0.3 is 0 Å². The van der Waals surface area contributed by atoms with E-state index >= 15 is 0 Å². The second kappa shape index (κ2) is 7.24. The van der Waals surface area contributed by atoms with Crippen molar-refractivity contribution in [2.24, 2.45) is 5.92 Å². The quantitative estimate of drug-likeness (QED) is 0.829. The molecule has 0 aromatic heterocycles. The molecule has 7 heteroatoms. The third kappa shape index (κ3) is 3.03. The lowest BCUT2D eigenvalue weighted by molar-refractivity contribution is -0.144. The highest BCUT2D eigenvalue weighted by atomic mass is 16.5. The van der Waals surface area contributed by atoms with Crippen molar-refractivity contribution >= 4 is 23.4 Å². The summed E-state index contributed by atoms with van der Waals surface area (Å²) >= 11 is 0. The lowest BCUT2D eigenvalue weighted by atomic mass is 9.72. The van der Waals surface area contributed by atoms with Gasteiger partial charge in [-0.05, 0) is 30.7 Å². The van der Waals surface area contributed by atoms with E-state index in [1.807, 2.05) is 42.5 Å². The van der Waals surface area contributed by atoms with E-state index < -0.39 is 17.4 Å². The minimum absolute atomic E-state index is 0.152. The van der Waals surface area contributed by atoms with Gasteiger partial charge in [-0.15, -0.1) is 0 Å². The Hall–Kier alpha value is -3.35. The largest absolute Gasteiger partial charge is 0.484 e. The first-order chi connectivity index (χ1) is 14.0. The molecule has 3 amide bonds. The molecule has 2 aliphatic rings. The predicted molar refractivity (Wildman–Crippen MR) is 107 cm³/mol. The highest BCUT2D eigenvalue weighted by molar-refractivity contribution is 6.06. The van der Waals surface area contributed by atoms with Crippen molar-refractivity contribution in [1.29, 1.82) is 0 Å². The molecule has 0 radical (unpaired) electrons. The summed E-state index contributed by atoms with van der Waals surface area (Å²) in [5.74, 6) is -1.21. The molecule has 0 bridgehead atoms. The Balaban J connectivity index is 1.68. The van der Waals surface area contributed by atoms with E-state index in [2.05, 4.69) is 10.6 Å². The van der Waals surface area contributed by atoms with Gasteiger partial charge in [0.2, 0.25) is 5.91 Å². The van der Waals surface area contributed by atoms with E-state index in [-0.39, 0.29) is 30.9 Å². The number of benzene rings is 2. The van der Waals surface area contributed by atoms with Gasteiger partial charge in [-0.1, -0.05) is 36.4 Å². The summed E-state index contributed by atoms with van der Waals surface area (Å²) in [6.45, 7) is 1.67. The lowest BCUT2D eigenvalue weighted by Crippen LogP contribution is -2.58. The number of fused-ring (bicyclic) bond motifs is 3. The topological polar surface area (TPSA) is 87.7 Å². The van der Waals surface area contributed by atoms with E-state index in [0.717, 1.165) is 5.56 Å². The van der Waals surface area contributed by atoms with Gasteiger partial charge in [-0.3, -0.25) is 14.4 Å². The molecular formula is C22H23N3O4. The van der Waals surface area contributed by atoms with Crippen molar-refractivity contribution in [3.63, 3.8) is 0 Å². The number of carbonyl (C=O) groups is 3. The van der Waals surface area contributed by atoms with Crippen LogP contribution in [0, 0.1) is 5.92 Å². The van der Waals surface area contributed by atoms with Crippen LogP contribution in [0.5, 0.6) is 5.75 Å². The molecule has 1 saturated heterocycles. The molecule has 2 aromatic carbocycles. The first-order valence-electron chi connectivity index (χ1n) is 9.57. The maximum absolute atomic E-state index is 13.1. The van der Waals surface area contributed by atoms with Crippen LogP contribution < -0.4 is 15.4 Å². The maximum atomic E-state index is 13.1. The summed E-state index contributed by atoms with van der Waals surface area (Å²) in [4.78, 5) is 40.4. The van der Waals surface area contributed by atoms with E-state index in [9.17, 15) is 14.4 Å². The number of carbonyl (C=O) groups excluding carboxylic acids is 3. The summed E-state index contributed by atoms with van der Waals surface area (Å²) < 4.78 is 5.61. The summed E-state index contributed by atoms with van der Waals surface area (Å²) in [6.07, 6.45) is 0. The van der Waals surface area contributed by atoms with Crippen molar-refractivity contribution in [2.75, 3.05) is 25.5 Å². The molecular weight excluding hydrogens is 370 g/mol. The van der Waals surface area contributed by atoms with Crippen molar-refractivity contribution in [2.45, 2.75) is 18.4 Å². The van der Waals surface area contributed by atoms with E-state index in [1.54, 1.807) is 26.1 Å². The second-order valence-electron chi connectivity index (χ2n) is 7.49. The first kappa shape index (κ1) is 19.0. The van der Waals surface area contributed by atoms with Crippen LogP contribution >= 0.6 is 0 Å². The van der Waals surface area contributed by atoms with Gasteiger partial charge in [-0.2, -0.15) is 0 Å². The van der Waals surface area contributed by atoms with Crippen molar-refractivity contribution in [1.82, 2.24) is 10.2 Å². The molecule has 2 aliphatic heterocycles. The zero-order valence-electron chi connectivity index (χ0n) is 16.3. The van der Waals surface area contributed by atoms with Gasteiger partial charge in [0.05, 0.1) is 5.92 Å². The number of nitrogens with one attached hydrogen (secondary N) is 2. The van der Waals surface area contributed by atoms with Crippen molar-refractivity contribution < 1.29 is 19.1 Å². The van der Waals surface area contributed by atoms with Gasteiger partial charge in [0.25, 0.3) is 11.8 Å². The summed E-state index contributed by atoms with van der Waals surface area (Å²) in [5.41, 5.74) is 0.369. The molecule has 150 valence electrons. The first-order valence-corrected chi connectivity index (χ1v) is 9.57. The zero-order valence-corrected chi connectivity index (χ0v) is 16.3. The van der Waals surface area contributed by atoms with Gasteiger partial charge < -0.3 is 20.3 Å². The standard InChI is InChI=1S/C22H23N3O4/c1-22-19(15-10-6-7-11-17(15)24-21(22)28)16(20(27)23-2)12-25(22)18(26)13-29-14-8-4-3-5-9-14/h3-11,16,19H,12-13H2,1-2H3,(H,23,27)(H,24,28)/t16-,19+,22-/m0/s1. The van der Waals surface area contributed by atoms with Gasteiger partial charge in [-0.25, -0.2) is 0 Å². The lowest BCUT2D eigenvalue weighted by Gasteiger charge is -2.42. The fraction of sp³-hybridized carbons (Fsp3) is 0.318. The number of hydrogen-bond acceptors (Lipinski definition) is 4. The molecule has 2 N–H and O–H groups in total. The minimum atomic E-state index is -1.18. The predicted octanol–water partition coefficient (Wildman–Crippen LogP) is 1.76. The summed E-state index contributed by atoms with van der Waals surface area (Å²) in [5, 5.41) is 5.58. The van der Waals surface area contributed by atoms with Crippen molar-refractivity contribution in [3.8, 4) is 5.75 Å². The minimum Gasteiger partial charge on any atom is -0.484 e. The molecule has 4 rings (SSSR count). The SMILES string of the molecule is CNC(=O)[C@H]1CN(C(=O)COc2ccccc2)[C@]2(C)C(=O)Nc3ccccc3[C@H]12. The fourth-order valence-corrected chi connectivity index (χ4v) is 4.49. The second-order valence-corrected chi connectivity index (χ2v) is 7.49. The van der Waals surface area contributed by atoms with Gasteiger partial charge in [0, 0.05) is 25.2 Å². The summed E-state index contributed by atoms with van der Waals surface area (Å²) in [6, 6.07) is 16.5. The van der Waals surface area contributed by atoms with Gasteiger partial charge in [0.15, 0.2) is 6.61 Å². The molecule has 2 aromatic rings.